The number of esters is 1. The fraction of sp³-hybridized carbons (Fsp3) is 0.364. The van der Waals surface area contributed by atoms with Gasteiger partial charge in [0.05, 0.1) is 13.0 Å². The molecule has 2 rings (SSSR count). The van der Waals surface area contributed by atoms with Crippen LogP contribution in [-0.2, 0) is 9.53 Å². The molecule has 0 N–H and O–H groups in total. The van der Waals surface area contributed by atoms with Crippen LogP contribution in [0, 0.1) is 11.7 Å². The number of benzene rings is 1. The quantitative estimate of drug-likeness (QED) is 0.674. The lowest BCUT2D eigenvalue weighted by molar-refractivity contribution is -0.142. The van der Waals surface area contributed by atoms with Gasteiger partial charge in [0.1, 0.15) is 5.82 Å². The van der Waals surface area contributed by atoms with Crippen LogP contribution in [0.1, 0.15) is 17.9 Å². The first-order valence-electron chi connectivity index (χ1n) is 4.55. The van der Waals surface area contributed by atoms with Crippen LogP contribution in [0.2, 0.25) is 0 Å². The molecule has 3 heteroatoms. The van der Waals surface area contributed by atoms with Crippen molar-refractivity contribution in [1.82, 2.24) is 0 Å². The van der Waals surface area contributed by atoms with Crippen LogP contribution in [0.4, 0.5) is 4.39 Å². The summed E-state index contributed by atoms with van der Waals surface area (Å²) in [5.74, 6) is -0.211. The molecule has 2 atom stereocenters. The average Bonchev–Trinajstić information content (AvgIpc) is 2.98. The average molecular weight is 194 g/mol. The molecule has 1 unspecified atom stereocenters. The number of halogens is 1. The van der Waals surface area contributed by atoms with E-state index in [2.05, 4.69) is 4.74 Å². The molecule has 0 aliphatic heterocycles. The van der Waals surface area contributed by atoms with Gasteiger partial charge in [-0.25, -0.2) is 4.39 Å². The van der Waals surface area contributed by atoms with E-state index in [1.54, 1.807) is 12.1 Å². The highest BCUT2D eigenvalue weighted by Gasteiger charge is 2.44. The Bertz CT molecular complexity index is 345. The van der Waals surface area contributed by atoms with E-state index in [0.29, 0.717) is 0 Å². The first-order chi connectivity index (χ1) is 6.72. The second kappa shape index (κ2) is 3.40. The van der Waals surface area contributed by atoms with Crippen LogP contribution in [0.15, 0.2) is 24.3 Å². The molecule has 1 aromatic carbocycles. The maximum Gasteiger partial charge on any atom is 0.309 e. The highest BCUT2D eigenvalue weighted by Crippen LogP contribution is 2.47. The number of ether oxygens (including phenoxy) is 1. The largest absolute Gasteiger partial charge is 0.469 e. The van der Waals surface area contributed by atoms with E-state index in [9.17, 15) is 9.18 Å². The molecule has 14 heavy (non-hydrogen) atoms. The van der Waals surface area contributed by atoms with E-state index < -0.39 is 0 Å². The fourth-order valence-corrected chi connectivity index (χ4v) is 1.69. The molecule has 0 radical (unpaired) electrons. The molecule has 1 aromatic rings. The number of hydrogen-bond donors (Lipinski definition) is 0. The van der Waals surface area contributed by atoms with Gasteiger partial charge in [-0.05, 0) is 30.0 Å². The van der Waals surface area contributed by atoms with Gasteiger partial charge in [-0.2, -0.15) is 0 Å². The van der Waals surface area contributed by atoms with Crippen molar-refractivity contribution < 1.29 is 13.9 Å². The van der Waals surface area contributed by atoms with E-state index in [1.807, 2.05) is 0 Å². The second-order valence-electron chi connectivity index (χ2n) is 3.52. The summed E-state index contributed by atoms with van der Waals surface area (Å²) >= 11 is 0. The predicted molar refractivity (Wildman–Crippen MR) is 49.3 cm³/mol. The van der Waals surface area contributed by atoms with Crippen molar-refractivity contribution in [3.05, 3.63) is 35.6 Å². The van der Waals surface area contributed by atoms with Crippen LogP contribution >= 0.6 is 0 Å². The number of carbonyl (C=O) groups is 1. The zero-order valence-corrected chi connectivity index (χ0v) is 7.87. The van der Waals surface area contributed by atoms with E-state index in [0.717, 1.165) is 12.0 Å². The Kier molecular flexibility index (Phi) is 2.23. The maximum absolute atomic E-state index is 12.6. The summed E-state index contributed by atoms with van der Waals surface area (Å²) in [6.45, 7) is 0. The van der Waals surface area contributed by atoms with Crippen LogP contribution in [0.25, 0.3) is 0 Å². The molecule has 1 aliphatic carbocycles. The Morgan fingerprint density at radius 3 is 2.64 bits per heavy atom. The van der Waals surface area contributed by atoms with Gasteiger partial charge < -0.3 is 4.74 Å². The van der Waals surface area contributed by atoms with Gasteiger partial charge in [0.15, 0.2) is 0 Å². The van der Waals surface area contributed by atoms with Crippen molar-refractivity contribution in [3.63, 3.8) is 0 Å². The van der Waals surface area contributed by atoms with Gasteiger partial charge in [-0.3, -0.25) is 4.79 Å². The van der Waals surface area contributed by atoms with E-state index >= 15 is 0 Å². The first-order valence-corrected chi connectivity index (χ1v) is 4.55. The summed E-state index contributed by atoms with van der Waals surface area (Å²) in [7, 11) is 1.39. The van der Waals surface area contributed by atoms with Crippen molar-refractivity contribution in [1.29, 1.82) is 0 Å². The van der Waals surface area contributed by atoms with Crippen molar-refractivity contribution in [2.24, 2.45) is 5.92 Å². The Morgan fingerprint density at radius 1 is 1.43 bits per heavy atom. The van der Waals surface area contributed by atoms with Crippen molar-refractivity contribution in [2.75, 3.05) is 7.11 Å². The van der Waals surface area contributed by atoms with Crippen LogP contribution in [-0.4, -0.2) is 13.1 Å². The number of hydrogen-bond acceptors (Lipinski definition) is 2. The topological polar surface area (TPSA) is 26.3 Å². The molecule has 0 aromatic heterocycles. The molecule has 1 saturated carbocycles. The Balaban J connectivity index is 2.06. The summed E-state index contributed by atoms with van der Waals surface area (Å²) in [6, 6.07) is 6.29. The van der Waals surface area contributed by atoms with Crippen molar-refractivity contribution in [2.45, 2.75) is 12.3 Å². The summed E-state index contributed by atoms with van der Waals surface area (Å²) in [4.78, 5) is 11.1. The third-order valence-corrected chi connectivity index (χ3v) is 2.59. The van der Waals surface area contributed by atoms with Crippen molar-refractivity contribution in [3.8, 4) is 0 Å². The van der Waals surface area contributed by atoms with Gasteiger partial charge in [-0.15, -0.1) is 0 Å². The lowest BCUT2D eigenvalue weighted by Gasteiger charge is -1.99. The predicted octanol–water partition coefficient (Wildman–Crippen LogP) is 2.10. The first kappa shape index (κ1) is 9.19. The summed E-state index contributed by atoms with van der Waals surface area (Å²) < 4.78 is 17.2. The lowest BCUT2D eigenvalue weighted by Crippen LogP contribution is -2.03. The van der Waals surface area contributed by atoms with Crippen LogP contribution < -0.4 is 0 Å². The fourth-order valence-electron chi connectivity index (χ4n) is 1.69. The van der Waals surface area contributed by atoms with E-state index in [-0.39, 0.29) is 23.6 Å². The Labute approximate surface area is 81.7 Å². The third kappa shape index (κ3) is 1.62. The Hall–Kier alpha value is -1.38. The Morgan fingerprint density at radius 2 is 2.07 bits per heavy atom. The minimum absolute atomic E-state index is 0.0227. The molecule has 0 bridgehead atoms. The lowest BCUT2D eigenvalue weighted by atomic mass is 10.1. The summed E-state index contributed by atoms with van der Waals surface area (Å²) in [5.41, 5.74) is 1.02. The van der Waals surface area contributed by atoms with Crippen LogP contribution in [0.3, 0.4) is 0 Å². The maximum atomic E-state index is 12.6. The monoisotopic (exact) mass is 194 g/mol. The summed E-state index contributed by atoms with van der Waals surface area (Å²) in [5, 5.41) is 0. The minimum Gasteiger partial charge on any atom is -0.469 e. The normalized spacial score (nSPS) is 24.4. The SMILES string of the molecule is COC(=O)[C@@H]1CC1c1ccc(F)cc1. The second-order valence-corrected chi connectivity index (χ2v) is 3.52. The van der Waals surface area contributed by atoms with Gasteiger partial charge in [0.2, 0.25) is 0 Å². The molecule has 1 aliphatic rings. The number of rotatable bonds is 2. The zero-order valence-electron chi connectivity index (χ0n) is 7.87. The molecular weight excluding hydrogens is 183 g/mol. The highest BCUT2D eigenvalue weighted by molar-refractivity contribution is 5.77. The molecular formula is C11H11FO2. The van der Waals surface area contributed by atoms with Gasteiger partial charge in [0.25, 0.3) is 0 Å². The van der Waals surface area contributed by atoms with Crippen molar-refractivity contribution >= 4 is 5.97 Å². The number of carbonyl (C=O) groups excluding carboxylic acids is 1. The van der Waals surface area contributed by atoms with Crippen LogP contribution in [0.5, 0.6) is 0 Å². The number of methoxy groups -OCH3 is 1. The molecule has 0 amide bonds. The van der Waals surface area contributed by atoms with Gasteiger partial charge in [-0.1, -0.05) is 12.1 Å². The molecule has 0 saturated heterocycles. The van der Waals surface area contributed by atoms with Gasteiger partial charge >= 0.3 is 5.97 Å². The van der Waals surface area contributed by atoms with Gasteiger partial charge in [0, 0.05) is 0 Å². The summed E-state index contributed by atoms with van der Waals surface area (Å²) in [6.07, 6.45) is 0.818. The van der Waals surface area contributed by atoms with E-state index in [4.69, 9.17) is 0 Å². The smallest absolute Gasteiger partial charge is 0.309 e. The molecule has 0 spiro atoms. The molecule has 0 heterocycles. The van der Waals surface area contributed by atoms with E-state index in [1.165, 1.54) is 19.2 Å². The standard InChI is InChI=1S/C11H11FO2/c1-14-11(13)10-6-9(10)7-2-4-8(12)5-3-7/h2-5,9-10H,6H2,1H3/t9?,10-/m1/s1. The third-order valence-electron chi connectivity index (χ3n) is 2.59. The highest BCUT2D eigenvalue weighted by atomic mass is 19.1. The minimum atomic E-state index is -0.246. The molecule has 1 fully saturated rings. The molecule has 74 valence electrons. The molecule has 2 nitrogen and oxygen atoms in total. The zero-order chi connectivity index (χ0) is 10.1.